The van der Waals surface area contributed by atoms with Gasteiger partial charge in [0.15, 0.2) is 11.6 Å². The number of carbonyl (C=O) groups excluding carboxylic acids is 4. The Balaban J connectivity index is 0.786. The molecule has 5 rings (SSSR count). The number of ether oxygens (including phenoxy) is 12. The molecule has 3 N–H and O–H groups in total. The van der Waals surface area contributed by atoms with Crippen molar-refractivity contribution < 1.29 is 102 Å². The number of nitrogens with two attached hydrogens (primary N) is 1. The molecule has 2 amide bonds. The summed E-state index contributed by atoms with van der Waals surface area (Å²) < 4.78 is 147. The number of alkyl carbamates (subject to hydrolysis) is 1. The number of rotatable bonds is 47. The van der Waals surface area contributed by atoms with E-state index in [-0.39, 0.29) is 80.3 Å². The Hall–Kier alpha value is -6.02. The molecule has 3 aromatic carbocycles. The molecule has 1 fully saturated rings. The van der Waals surface area contributed by atoms with Crippen LogP contribution in [0.1, 0.15) is 78.2 Å². The number of fused-ring (bicyclic) bond motifs is 1. The molecule has 0 saturated carbocycles. The van der Waals surface area contributed by atoms with Crippen molar-refractivity contribution >= 4 is 51.4 Å². The maximum absolute atomic E-state index is 13.8. The maximum atomic E-state index is 13.8. The first-order valence-corrected chi connectivity index (χ1v) is 32.1. The van der Waals surface area contributed by atoms with Crippen LogP contribution >= 0.6 is 0 Å². The molecule has 0 radical (unpaired) electrons. The van der Waals surface area contributed by atoms with Gasteiger partial charge in [-0.25, -0.2) is 27.0 Å². The number of amidine groups is 1. The predicted molar refractivity (Wildman–Crippen MR) is 327 cm³/mol. The third-order valence-corrected chi connectivity index (χ3v) is 15.3. The lowest BCUT2D eigenvalue weighted by atomic mass is 9.95. The molecule has 2 heterocycles. The van der Waals surface area contributed by atoms with Crippen LogP contribution in [-0.2, 0) is 76.5 Å². The Kier molecular flexibility index (Phi) is 34.6. The topological polar surface area (TPSA) is 270 Å². The number of Topliss-reactive ketones (excluding diaryl/α,β-unsaturated/α-hetero) is 1. The number of amides is 2. The summed E-state index contributed by atoms with van der Waals surface area (Å²) >= 11 is 0. The smallest absolute Gasteiger partial charge is 0.407 e. The Morgan fingerprint density at radius 3 is 1.65 bits per heavy atom. The lowest BCUT2D eigenvalue weighted by Gasteiger charge is -2.38. The molecule has 28 heteroatoms. The van der Waals surface area contributed by atoms with Crippen LogP contribution in [0, 0.1) is 29.2 Å². The molecule has 1 saturated heterocycles. The molecule has 0 unspecified atom stereocenters. The third-order valence-electron chi connectivity index (χ3n) is 13.5. The molecular weight excluding hydrogens is 1220 g/mol. The summed E-state index contributed by atoms with van der Waals surface area (Å²) in [6, 6.07) is 12.3. The lowest BCUT2D eigenvalue weighted by Crippen LogP contribution is -2.49. The van der Waals surface area contributed by atoms with Gasteiger partial charge in [-0.1, -0.05) is 31.2 Å². The minimum Gasteiger partial charge on any atom is -0.444 e. The number of hydrogen-bond donors (Lipinski definition) is 2. The van der Waals surface area contributed by atoms with E-state index in [0.717, 1.165) is 12.0 Å². The van der Waals surface area contributed by atoms with Gasteiger partial charge in [-0.15, -0.1) is 0 Å². The van der Waals surface area contributed by atoms with Crippen molar-refractivity contribution in [1.82, 2.24) is 14.5 Å². The number of carbonyl (C=O) groups is 4. The number of halogens is 4. The number of ketones is 1. The minimum absolute atomic E-state index is 0.0114. The summed E-state index contributed by atoms with van der Waals surface area (Å²) in [4.78, 5) is 56.8. The standard InChI is InChI=1S/C63H89F4N5O18S/c1-5-17-71(18-7-16-69-62(76)90-63(2,3)4)61(75)50-39-49-12-11-48(41-55(49)70-56(68)42-50)47-8-6-9-52(40-47)91(77,78)72-44-46(45-72)10-13-51(73)14-19-79-21-23-81-25-27-83-29-31-85-33-35-87-37-38-88-36-34-86-32-30-84-28-26-82-24-22-80-20-15-57(74)89-60-58(66)53(64)43-54(65)59(60)67/h6,8-9,11-12,39-41,43,46H,5,7,10,13-38,42,44-45H2,1-4H3,(H2,68,70)(H,69,76). The highest BCUT2D eigenvalue weighted by molar-refractivity contribution is 7.89. The monoisotopic (exact) mass is 1310 g/mol. The molecule has 0 aliphatic carbocycles. The van der Waals surface area contributed by atoms with Crippen LogP contribution in [0.2, 0.25) is 0 Å². The molecular formula is C63H89F4N5O18S. The van der Waals surface area contributed by atoms with Crippen molar-refractivity contribution in [2.75, 3.05) is 165 Å². The highest BCUT2D eigenvalue weighted by atomic mass is 32.2. The van der Waals surface area contributed by atoms with Crippen molar-refractivity contribution in [1.29, 1.82) is 0 Å². The van der Waals surface area contributed by atoms with E-state index in [2.05, 4.69) is 15.0 Å². The fourth-order valence-electron chi connectivity index (χ4n) is 8.88. The van der Waals surface area contributed by atoms with Gasteiger partial charge in [0.25, 0.3) is 0 Å². The van der Waals surface area contributed by atoms with Crippen molar-refractivity contribution in [2.24, 2.45) is 16.6 Å². The van der Waals surface area contributed by atoms with Gasteiger partial charge in [0, 0.05) is 69.2 Å². The van der Waals surface area contributed by atoms with Crippen LogP contribution < -0.4 is 15.8 Å². The molecule has 2 aliphatic heterocycles. The first-order chi connectivity index (χ1) is 43.7. The summed E-state index contributed by atoms with van der Waals surface area (Å²) in [5, 5.41) is 2.74. The average Bonchev–Trinajstić information content (AvgIpc) is 1.32. The van der Waals surface area contributed by atoms with Gasteiger partial charge in [0.1, 0.15) is 17.2 Å². The number of aliphatic imine (C=N–C) groups is 1. The molecule has 508 valence electrons. The van der Waals surface area contributed by atoms with Crippen LogP contribution in [0.15, 0.2) is 64.0 Å². The van der Waals surface area contributed by atoms with Crippen LogP contribution in [0.5, 0.6) is 5.75 Å². The molecule has 0 atom stereocenters. The summed E-state index contributed by atoms with van der Waals surface area (Å²) in [5.74, 6) is -9.32. The van der Waals surface area contributed by atoms with E-state index in [1.165, 1.54) is 4.31 Å². The van der Waals surface area contributed by atoms with E-state index in [1.54, 1.807) is 49.9 Å². The van der Waals surface area contributed by atoms with Crippen LogP contribution in [0.4, 0.5) is 28.0 Å². The van der Waals surface area contributed by atoms with Crippen LogP contribution in [0.3, 0.4) is 0 Å². The van der Waals surface area contributed by atoms with Crippen LogP contribution in [0.25, 0.3) is 17.2 Å². The number of hydrogen-bond acceptors (Lipinski definition) is 20. The summed E-state index contributed by atoms with van der Waals surface area (Å²) in [5.41, 5.74) is 8.93. The van der Waals surface area contributed by atoms with Crippen molar-refractivity contribution in [2.45, 2.75) is 83.1 Å². The van der Waals surface area contributed by atoms with E-state index in [9.17, 15) is 45.2 Å². The van der Waals surface area contributed by atoms with E-state index in [4.69, 9.17) is 57.8 Å². The normalized spacial score (nSPS) is 13.7. The van der Waals surface area contributed by atoms with Gasteiger partial charge in [0.2, 0.25) is 33.3 Å². The Morgan fingerprint density at radius 1 is 0.648 bits per heavy atom. The Morgan fingerprint density at radius 2 is 1.14 bits per heavy atom. The van der Waals surface area contributed by atoms with Gasteiger partial charge in [-0.3, -0.25) is 14.4 Å². The second kappa shape index (κ2) is 41.5. The van der Waals surface area contributed by atoms with Crippen molar-refractivity contribution in [3.8, 4) is 16.9 Å². The predicted octanol–water partition coefficient (Wildman–Crippen LogP) is 7.36. The quantitative estimate of drug-likeness (QED) is 0.0184. The summed E-state index contributed by atoms with van der Waals surface area (Å²) in [6.45, 7) is 15.7. The van der Waals surface area contributed by atoms with E-state index < -0.39 is 63.1 Å². The van der Waals surface area contributed by atoms with Gasteiger partial charge in [-0.2, -0.15) is 13.1 Å². The van der Waals surface area contributed by atoms with Gasteiger partial charge in [-0.05, 0) is 81.4 Å². The molecule has 0 bridgehead atoms. The number of nitrogens with zero attached hydrogens (tertiary/aromatic N) is 3. The van der Waals surface area contributed by atoms with Gasteiger partial charge < -0.3 is 72.8 Å². The Bertz CT molecular complexity index is 2890. The SMILES string of the molecule is CCCN(CCCNC(=O)OC(C)(C)C)C(=O)C1=Cc2ccc(-c3cccc(S(=O)(=O)N4CC(CCC(=O)CCOCCOCCOCCOCCOCCOCCOCCOCCOCCOCCC(=O)Oc5c(F)c(F)cc(F)c5F)C4)c3)cc2N=C(N)C1. The molecule has 0 aromatic heterocycles. The molecule has 91 heavy (non-hydrogen) atoms. The number of sulfonamides is 1. The minimum atomic E-state index is -3.79. The fourth-order valence-corrected chi connectivity index (χ4v) is 10.5. The van der Waals surface area contributed by atoms with E-state index >= 15 is 0 Å². The number of benzene rings is 3. The second-order valence-electron chi connectivity index (χ2n) is 22.0. The number of nitrogens with one attached hydrogen (secondary N) is 1. The molecule has 0 spiro atoms. The van der Waals surface area contributed by atoms with E-state index in [1.807, 2.05) is 31.2 Å². The van der Waals surface area contributed by atoms with Crippen molar-refractivity contribution in [3.63, 3.8) is 0 Å². The maximum Gasteiger partial charge on any atom is 0.407 e. The van der Waals surface area contributed by atoms with E-state index in [0.29, 0.717) is 173 Å². The largest absolute Gasteiger partial charge is 0.444 e. The first-order valence-electron chi connectivity index (χ1n) is 30.6. The average molecular weight is 1310 g/mol. The first kappa shape index (κ1) is 75.7. The zero-order chi connectivity index (χ0) is 65.9. The van der Waals surface area contributed by atoms with Crippen molar-refractivity contribution in [3.05, 3.63) is 82.9 Å². The highest BCUT2D eigenvalue weighted by Gasteiger charge is 2.37. The summed E-state index contributed by atoms with van der Waals surface area (Å²) in [7, 11) is -3.79. The van der Waals surface area contributed by atoms with Gasteiger partial charge >= 0.3 is 12.1 Å². The third kappa shape index (κ3) is 28.8. The van der Waals surface area contributed by atoms with Gasteiger partial charge in [0.05, 0.1) is 149 Å². The molecule has 23 nitrogen and oxygen atoms in total. The molecule has 2 aliphatic rings. The Labute approximate surface area is 530 Å². The zero-order valence-corrected chi connectivity index (χ0v) is 53.4. The zero-order valence-electron chi connectivity index (χ0n) is 52.6. The number of esters is 1. The fraction of sp³-hybridized carbons (Fsp3) is 0.603. The highest BCUT2D eigenvalue weighted by Crippen LogP contribution is 2.35. The van der Waals surface area contributed by atoms with Crippen LogP contribution in [-0.4, -0.2) is 218 Å². The summed E-state index contributed by atoms with van der Waals surface area (Å²) in [6.07, 6.45) is 3.51. The molecule has 3 aromatic rings. The lowest BCUT2D eigenvalue weighted by molar-refractivity contribution is -0.136. The second-order valence-corrected chi connectivity index (χ2v) is 23.9.